The fourth-order valence-electron chi connectivity index (χ4n) is 4.46. The molecule has 1 aliphatic carbocycles. The molecule has 0 aliphatic heterocycles. The lowest BCUT2D eigenvalue weighted by atomic mass is 9.88. The molecule has 0 amide bonds. The number of rotatable bonds is 12. The van der Waals surface area contributed by atoms with Crippen LogP contribution in [0.2, 0.25) is 0 Å². The number of ether oxygens (including phenoxy) is 1. The monoisotopic (exact) mass is 424 g/mol. The second kappa shape index (κ2) is 12.1. The van der Waals surface area contributed by atoms with E-state index in [0.717, 1.165) is 62.8 Å². The first kappa shape index (κ1) is 22.8. The van der Waals surface area contributed by atoms with Crippen molar-refractivity contribution >= 4 is 11.8 Å². The summed E-state index contributed by atoms with van der Waals surface area (Å²) in [6.45, 7) is 1.47. The molecule has 0 saturated heterocycles. The van der Waals surface area contributed by atoms with E-state index in [9.17, 15) is 9.59 Å². The Morgan fingerprint density at radius 3 is 2.68 bits per heavy atom. The van der Waals surface area contributed by atoms with Gasteiger partial charge in [-0.3, -0.25) is 9.59 Å². The minimum absolute atomic E-state index is 0.0448. The predicted octanol–water partition coefficient (Wildman–Crippen LogP) is 4.02. The van der Waals surface area contributed by atoms with Crippen molar-refractivity contribution in [1.29, 1.82) is 0 Å². The van der Waals surface area contributed by atoms with Gasteiger partial charge in [0.2, 0.25) is 0 Å². The van der Waals surface area contributed by atoms with Gasteiger partial charge in [-0.2, -0.15) is 0 Å². The maximum atomic E-state index is 12.4. The van der Waals surface area contributed by atoms with Crippen LogP contribution in [0.1, 0.15) is 63.3 Å². The molecule has 31 heavy (non-hydrogen) atoms. The molecular formula is C24H32N4O3. The molecule has 1 fully saturated rings. The Bertz CT molecular complexity index is 836. The van der Waals surface area contributed by atoms with Crippen LogP contribution in [0, 0.1) is 11.8 Å². The summed E-state index contributed by atoms with van der Waals surface area (Å²) in [4.78, 5) is 23.9. The van der Waals surface area contributed by atoms with Gasteiger partial charge in [-0.1, -0.05) is 55.7 Å². The lowest BCUT2D eigenvalue weighted by Gasteiger charge is -2.23. The van der Waals surface area contributed by atoms with Gasteiger partial charge < -0.3 is 4.74 Å². The van der Waals surface area contributed by atoms with Crippen molar-refractivity contribution in [2.45, 2.75) is 70.8 Å². The van der Waals surface area contributed by atoms with Gasteiger partial charge in [0.05, 0.1) is 0 Å². The van der Waals surface area contributed by atoms with E-state index in [1.807, 2.05) is 30.3 Å². The Hall–Kier alpha value is -2.83. The second-order valence-corrected chi connectivity index (χ2v) is 8.34. The molecule has 1 aliphatic rings. The Morgan fingerprint density at radius 2 is 1.94 bits per heavy atom. The number of benzene rings is 1. The SMILES string of the molecule is CC(=O)OC1CCC(C=CC(=O)Cc2ccccc2)C1CCCCCCc1nnn[nH]1. The van der Waals surface area contributed by atoms with Crippen molar-refractivity contribution in [3.63, 3.8) is 0 Å². The van der Waals surface area contributed by atoms with E-state index >= 15 is 0 Å². The van der Waals surface area contributed by atoms with Crippen LogP contribution in [-0.2, 0) is 27.2 Å². The van der Waals surface area contributed by atoms with Gasteiger partial charge in [-0.25, -0.2) is 5.10 Å². The number of hydrogen-bond donors (Lipinski definition) is 1. The maximum Gasteiger partial charge on any atom is 0.302 e. The highest BCUT2D eigenvalue weighted by Crippen LogP contribution is 2.38. The third kappa shape index (κ3) is 7.74. The number of hydrogen-bond acceptors (Lipinski definition) is 6. The highest BCUT2D eigenvalue weighted by molar-refractivity contribution is 5.91. The highest BCUT2D eigenvalue weighted by Gasteiger charge is 2.36. The zero-order chi connectivity index (χ0) is 21.9. The zero-order valence-corrected chi connectivity index (χ0v) is 18.2. The highest BCUT2D eigenvalue weighted by atomic mass is 16.5. The van der Waals surface area contributed by atoms with Gasteiger partial charge in [-0.15, -0.1) is 5.10 Å². The topological polar surface area (TPSA) is 97.8 Å². The van der Waals surface area contributed by atoms with Crippen molar-refractivity contribution in [3.05, 3.63) is 53.9 Å². The second-order valence-electron chi connectivity index (χ2n) is 8.34. The molecule has 1 aromatic heterocycles. The molecule has 3 rings (SSSR count). The first-order chi connectivity index (χ1) is 15.1. The Balaban J connectivity index is 1.46. The summed E-state index contributed by atoms with van der Waals surface area (Å²) in [5, 5.41) is 13.9. The minimum Gasteiger partial charge on any atom is -0.462 e. The molecule has 3 unspecified atom stereocenters. The van der Waals surface area contributed by atoms with E-state index < -0.39 is 0 Å². The number of unbranched alkanes of at least 4 members (excludes halogenated alkanes) is 3. The first-order valence-corrected chi connectivity index (χ1v) is 11.3. The Morgan fingerprint density at radius 1 is 1.13 bits per heavy atom. The summed E-state index contributed by atoms with van der Waals surface area (Å²) in [5.74, 6) is 1.28. The number of nitrogens with one attached hydrogen (secondary N) is 1. The van der Waals surface area contributed by atoms with Crippen molar-refractivity contribution in [1.82, 2.24) is 20.6 Å². The molecule has 3 atom stereocenters. The molecule has 1 N–H and O–H groups in total. The van der Waals surface area contributed by atoms with Gasteiger partial charge in [0, 0.05) is 25.7 Å². The van der Waals surface area contributed by atoms with Crippen molar-refractivity contribution in [2.24, 2.45) is 11.8 Å². The molecule has 1 saturated carbocycles. The van der Waals surface area contributed by atoms with E-state index in [4.69, 9.17) is 4.74 Å². The number of tetrazole rings is 1. The molecule has 7 heteroatoms. The molecule has 1 aromatic carbocycles. The van der Waals surface area contributed by atoms with Gasteiger partial charge in [-0.05, 0) is 53.7 Å². The number of aromatic nitrogens is 4. The fourth-order valence-corrected chi connectivity index (χ4v) is 4.46. The number of ketones is 1. The fraction of sp³-hybridized carbons (Fsp3) is 0.542. The number of carbonyl (C=O) groups excluding carboxylic acids is 2. The summed E-state index contributed by atoms with van der Waals surface area (Å²) in [6, 6.07) is 9.80. The van der Waals surface area contributed by atoms with Gasteiger partial charge >= 0.3 is 5.97 Å². The summed E-state index contributed by atoms with van der Waals surface area (Å²) < 4.78 is 5.60. The number of allylic oxidation sites excluding steroid dienone is 2. The van der Waals surface area contributed by atoms with Crippen LogP contribution < -0.4 is 0 Å². The van der Waals surface area contributed by atoms with E-state index in [0.29, 0.717) is 6.42 Å². The number of aromatic amines is 1. The summed E-state index contributed by atoms with van der Waals surface area (Å²) in [5.41, 5.74) is 1.03. The number of carbonyl (C=O) groups is 2. The number of esters is 1. The van der Waals surface area contributed by atoms with Crippen LogP contribution in [0.3, 0.4) is 0 Å². The van der Waals surface area contributed by atoms with E-state index in [-0.39, 0.29) is 29.7 Å². The zero-order valence-electron chi connectivity index (χ0n) is 18.2. The van der Waals surface area contributed by atoms with Crippen LogP contribution in [0.4, 0.5) is 0 Å². The third-order valence-electron chi connectivity index (χ3n) is 5.97. The molecule has 0 bridgehead atoms. The lowest BCUT2D eigenvalue weighted by molar-refractivity contribution is -0.148. The first-order valence-electron chi connectivity index (χ1n) is 11.3. The molecule has 166 valence electrons. The van der Waals surface area contributed by atoms with Crippen molar-refractivity contribution in [3.8, 4) is 0 Å². The average Bonchev–Trinajstić information content (AvgIpc) is 3.40. The van der Waals surface area contributed by atoms with Crippen LogP contribution in [0.15, 0.2) is 42.5 Å². The average molecular weight is 425 g/mol. The smallest absolute Gasteiger partial charge is 0.302 e. The van der Waals surface area contributed by atoms with E-state index in [1.165, 1.54) is 6.92 Å². The summed E-state index contributed by atoms with van der Waals surface area (Å²) in [6.07, 6.45) is 12.2. The van der Waals surface area contributed by atoms with E-state index in [1.54, 1.807) is 6.08 Å². The van der Waals surface area contributed by atoms with Crippen LogP contribution in [0.5, 0.6) is 0 Å². The minimum atomic E-state index is -0.222. The van der Waals surface area contributed by atoms with Crippen molar-refractivity contribution in [2.75, 3.05) is 0 Å². The number of nitrogens with zero attached hydrogens (tertiary/aromatic N) is 3. The molecule has 2 aromatic rings. The standard InChI is InChI=1S/C24H32N4O3/c1-18(29)31-23-16-14-20(13-15-21(30)17-19-9-5-4-6-10-19)22(23)11-7-2-3-8-12-24-25-27-28-26-24/h4-6,9-10,13,15,20,22-23H,2-3,7-8,11-12,14,16-17H2,1H3,(H,25,26,27,28). The molecule has 0 spiro atoms. The maximum absolute atomic E-state index is 12.4. The van der Waals surface area contributed by atoms with Gasteiger partial charge in [0.25, 0.3) is 0 Å². The molecule has 1 heterocycles. The summed E-state index contributed by atoms with van der Waals surface area (Å²) >= 11 is 0. The van der Waals surface area contributed by atoms with Gasteiger partial charge in [0.15, 0.2) is 5.78 Å². The molecule has 7 nitrogen and oxygen atoms in total. The Kier molecular flexibility index (Phi) is 8.94. The largest absolute Gasteiger partial charge is 0.462 e. The van der Waals surface area contributed by atoms with Crippen LogP contribution in [0.25, 0.3) is 0 Å². The van der Waals surface area contributed by atoms with Crippen LogP contribution in [-0.4, -0.2) is 38.5 Å². The predicted molar refractivity (Wildman–Crippen MR) is 117 cm³/mol. The summed E-state index contributed by atoms with van der Waals surface area (Å²) in [7, 11) is 0. The van der Waals surface area contributed by atoms with Gasteiger partial charge in [0.1, 0.15) is 11.9 Å². The van der Waals surface area contributed by atoms with Crippen molar-refractivity contribution < 1.29 is 14.3 Å². The lowest BCUT2D eigenvalue weighted by Crippen LogP contribution is -2.24. The van der Waals surface area contributed by atoms with Crippen LogP contribution >= 0.6 is 0 Å². The quantitative estimate of drug-likeness (QED) is 0.314. The van der Waals surface area contributed by atoms with E-state index in [2.05, 4.69) is 26.7 Å². The molecular weight excluding hydrogens is 392 g/mol. The normalized spacial score (nSPS) is 20.9. The molecule has 0 radical (unpaired) electrons. The number of H-pyrrole nitrogens is 1. The number of aryl methyl sites for hydroxylation is 1. The Labute approximate surface area is 183 Å². The third-order valence-corrected chi connectivity index (χ3v) is 5.97.